The van der Waals surface area contributed by atoms with Gasteiger partial charge in [0.2, 0.25) is 12.7 Å². The molecule has 0 bridgehead atoms. The standard InChI is InChI=1S/C31H23ClN2O5/c32-22-10-8-19(9-11-22)15-33-29(35)21-5-3-4-20(12-21)16-34-25-7-2-1-6-23(25)31(30(34)36)17-37-26-14-28-27(13-24(26)31)38-18-39-28/h1-14H,15-18H2,(H,33,35). The minimum Gasteiger partial charge on any atom is -0.491 e. The number of rotatable bonds is 5. The van der Waals surface area contributed by atoms with Gasteiger partial charge in [0.05, 0.1) is 6.54 Å². The number of hydrogen-bond acceptors (Lipinski definition) is 5. The molecule has 1 unspecified atom stereocenters. The fraction of sp³-hybridized carbons (Fsp3) is 0.161. The van der Waals surface area contributed by atoms with Crippen molar-refractivity contribution in [3.8, 4) is 17.2 Å². The van der Waals surface area contributed by atoms with E-state index in [0.29, 0.717) is 40.9 Å². The Morgan fingerprint density at radius 3 is 2.49 bits per heavy atom. The van der Waals surface area contributed by atoms with E-state index in [2.05, 4.69) is 5.32 Å². The molecule has 0 radical (unpaired) electrons. The highest BCUT2D eigenvalue weighted by molar-refractivity contribution is 6.30. The third-order valence-electron chi connectivity index (χ3n) is 7.54. The van der Waals surface area contributed by atoms with E-state index in [1.165, 1.54) is 0 Å². The molecule has 3 heterocycles. The molecule has 1 atom stereocenters. The van der Waals surface area contributed by atoms with Crippen LogP contribution in [0.25, 0.3) is 0 Å². The van der Waals surface area contributed by atoms with Crippen LogP contribution in [0.3, 0.4) is 0 Å². The summed E-state index contributed by atoms with van der Waals surface area (Å²) in [5.74, 6) is 1.60. The molecule has 8 heteroatoms. The Balaban J connectivity index is 1.17. The van der Waals surface area contributed by atoms with Crippen LogP contribution in [-0.4, -0.2) is 25.2 Å². The van der Waals surface area contributed by atoms with Crippen molar-refractivity contribution in [2.75, 3.05) is 18.3 Å². The number of carbonyl (C=O) groups excluding carboxylic acids is 2. The SMILES string of the molecule is O=C(NCc1ccc(Cl)cc1)c1cccc(CN2C(=O)C3(COc4cc5c(cc43)OCO5)c3ccccc32)c1. The molecule has 0 aromatic heterocycles. The summed E-state index contributed by atoms with van der Waals surface area (Å²) in [6.45, 7) is 1.05. The molecule has 0 fully saturated rings. The number of para-hydroxylation sites is 1. The van der Waals surface area contributed by atoms with Crippen molar-refractivity contribution in [1.29, 1.82) is 0 Å². The molecule has 4 aromatic carbocycles. The van der Waals surface area contributed by atoms with Gasteiger partial charge in [0.1, 0.15) is 17.8 Å². The highest BCUT2D eigenvalue weighted by Gasteiger charge is 2.57. The van der Waals surface area contributed by atoms with Crippen LogP contribution < -0.4 is 24.4 Å². The Hall–Kier alpha value is -4.49. The number of anilines is 1. The number of nitrogens with one attached hydrogen (secondary N) is 1. The fourth-order valence-corrected chi connectivity index (χ4v) is 5.73. The van der Waals surface area contributed by atoms with E-state index in [9.17, 15) is 9.59 Å². The topological polar surface area (TPSA) is 77.1 Å². The summed E-state index contributed by atoms with van der Waals surface area (Å²) < 4.78 is 17.2. The molecule has 7 nitrogen and oxygen atoms in total. The lowest BCUT2D eigenvalue weighted by atomic mass is 9.77. The normalized spacial score (nSPS) is 18.2. The molecule has 1 N–H and O–H groups in total. The molecule has 2 amide bonds. The summed E-state index contributed by atoms with van der Waals surface area (Å²) >= 11 is 5.95. The highest BCUT2D eigenvalue weighted by atomic mass is 35.5. The van der Waals surface area contributed by atoms with Crippen molar-refractivity contribution in [2.24, 2.45) is 0 Å². The van der Waals surface area contributed by atoms with Gasteiger partial charge in [0.15, 0.2) is 11.5 Å². The summed E-state index contributed by atoms with van der Waals surface area (Å²) in [4.78, 5) is 28.9. The highest BCUT2D eigenvalue weighted by Crippen LogP contribution is 2.55. The van der Waals surface area contributed by atoms with Crippen LogP contribution in [0.1, 0.15) is 32.6 Å². The van der Waals surface area contributed by atoms with Gasteiger partial charge in [-0.1, -0.05) is 54.1 Å². The summed E-state index contributed by atoms with van der Waals surface area (Å²) in [5.41, 5.74) is 3.86. The minimum atomic E-state index is -0.972. The van der Waals surface area contributed by atoms with Crippen molar-refractivity contribution in [3.63, 3.8) is 0 Å². The van der Waals surface area contributed by atoms with Gasteiger partial charge in [-0.2, -0.15) is 0 Å². The third-order valence-corrected chi connectivity index (χ3v) is 7.79. The fourth-order valence-electron chi connectivity index (χ4n) is 5.60. The molecule has 1 spiro atoms. The van der Waals surface area contributed by atoms with Gasteiger partial charge in [-0.25, -0.2) is 0 Å². The first-order valence-corrected chi connectivity index (χ1v) is 13.0. The Kier molecular flexibility index (Phi) is 5.49. The molecule has 3 aliphatic heterocycles. The van der Waals surface area contributed by atoms with Gasteiger partial charge in [0.25, 0.3) is 5.91 Å². The van der Waals surface area contributed by atoms with Crippen LogP contribution >= 0.6 is 11.6 Å². The molecule has 4 aromatic rings. The molecule has 0 saturated carbocycles. The maximum Gasteiger partial charge on any atom is 0.251 e. The summed E-state index contributed by atoms with van der Waals surface area (Å²) in [6.07, 6.45) is 0. The van der Waals surface area contributed by atoms with E-state index in [1.807, 2.05) is 60.7 Å². The van der Waals surface area contributed by atoms with E-state index in [0.717, 1.165) is 27.9 Å². The molecule has 194 valence electrons. The van der Waals surface area contributed by atoms with Crippen LogP contribution in [0.2, 0.25) is 5.02 Å². The molecule has 0 aliphatic carbocycles. The number of hydrogen-bond donors (Lipinski definition) is 1. The van der Waals surface area contributed by atoms with Crippen molar-refractivity contribution in [1.82, 2.24) is 5.32 Å². The van der Waals surface area contributed by atoms with Gasteiger partial charge < -0.3 is 24.4 Å². The number of ether oxygens (including phenoxy) is 3. The van der Waals surface area contributed by atoms with Crippen molar-refractivity contribution < 1.29 is 23.8 Å². The third kappa shape index (κ3) is 3.81. The van der Waals surface area contributed by atoms with Crippen molar-refractivity contribution >= 4 is 29.1 Å². The van der Waals surface area contributed by atoms with E-state index < -0.39 is 5.41 Å². The smallest absolute Gasteiger partial charge is 0.251 e. The summed E-state index contributed by atoms with van der Waals surface area (Å²) in [6, 6.07) is 26.2. The predicted molar refractivity (Wildman–Crippen MR) is 146 cm³/mol. The van der Waals surface area contributed by atoms with E-state index in [1.54, 1.807) is 29.2 Å². The van der Waals surface area contributed by atoms with E-state index in [4.69, 9.17) is 25.8 Å². The Labute approximate surface area is 229 Å². The monoisotopic (exact) mass is 538 g/mol. The molecule has 0 saturated heterocycles. The predicted octanol–water partition coefficient (Wildman–Crippen LogP) is 5.22. The maximum atomic E-state index is 14.2. The van der Waals surface area contributed by atoms with Crippen molar-refractivity contribution in [3.05, 3.63) is 118 Å². The van der Waals surface area contributed by atoms with Gasteiger partial charge >= 0.3 is 0 Å². The Bertz CT molecular complexity index is 1640. The molecule has 3 aliphatic rings. The minimum absolute atomic E-state index is 0.0705. The average molecular weight is 539 g/mol. The second kappa shape index (κ2) is 9.06. The van der Waals surface area contributed by atoms with Gasteiger partial charge in [-0.05, 0) is 53.1 Å². The number of halogens is 1. The Morgan fingerprint density at radius 1 is 0.846 bits per heavy atom. The first-order valence-electron chi connectivity index (χ1n) is 12.6. The van der Waals surface area contributed by atoms with Gasteiger partial charge in [0, 0.05) is 34.4 Å². The quantitative estimate of drug-likeness (QED) is 0.377. The zero-order chi connectivity index (χ0) is 26.6. The second-order valence-corrected chi connectivity index (χ2v) is 10.3. The van der Waals surface area contributed by atoms with Gasteiger partial charge in [-0.15, -0.1) is 0 Å². The maximum absolute atomic E-state index is 14.2. The lowest BCUT2D eigenvalue weighted by Crippen LogP contribution is -2.42. The van der Waals surface area contributed by atoms with Crippen LogP contribution in [0.5, 0.6) is 17.2 Å². The number of fused-ring (bicyclic) bond motifs is 5. The van der Waals surface area contributed by atoms with Crippen LogP contribution in [0.4, 0.5) is 5.69 Å². The number of carbonyl (C=O) groups is 2. The number of nitrogens with zero attached hydrogens (tertiary/aromatic N) is 1. The first kappa shape index (κ1) is 23.6. The summed E-state index contributed by atoms with van der Waals surface area (Å²) in [7, 11) is 0. The largest absolute Gasteiger partial charge is 0.491 e. The lowest BCUT2D eigenvalue weighted by Gasteiger charge is -2.23. The zero-order valence-corrected chi connectivity index (χ0v) is 21.5. The Morgan fingerprint density at radius 2 is 1.64 bits per heavy atom. The van der Waals surface area contributed by atoms with Crippen LogP contribution in [0.15, 0.2) is 84.9 Å². The number of amides is 2. The van der Waals surface area contributed by atoms with E-state index in [-0.39, 0.29) is 25.2 Å². The summed E-state index contributed by atoms with van der Waals surface area (Å²) in [5, 5.41) is 3.60. The molecular weight excluding hydrogens is 516 g/mol. The second-order valence-electron chi connectivity index (χ2n) is 9.81. The molecule has 7 rings (SSSR count). The van der Waals surface area contributed by atoms with Crippen LogP contribution in [0, 0.1) is 0 Å². The average Bonchev–Trinajstić information content (AvgIpc) is 3.64. The molecule has 39 heavy (non-hydrogen) atoms. The van der Waals surface area contributed by atoms with E-state index >= 15 is 0 Å². The lowest BCUT2D eigenvalue weighted by molar-refractivity contribution is -0.122. The molecular formula is C31H23ClN2O5. The van der Waals surface area contributed by atoms with Crippen molar-refractivity contribution in [2.45, 2.75) is 18.5 Å². The zero-order valence-electron chi connectivity index (χ0n) is 20.8. The number of benzene rings is 4. The van der Waals surface area contributed by atoms with Crippen LogP contribution in [-0.2, 0) is 23.3 Å². The van der Waals surface area contributed by atoms with Gasteiger partial charge in [-0.3, -0.25) is 9.59 Å². The first-order chi connectivity index (χ1) is 19.0.